The summed E-state index contributed by atoms with van der Waals surface area (Å²) in [5, 5.41) is 45.9. The molecule has 5 rings (SSSR count). The maximum absolute atomic E-state index is 14.1. The van der Waals surface area contributed by atoms with Gasteiger partial charge in [-0.25, -0.2) is 0 Å². The zero-order chi connectivity index (χ0) is 28.7. The number of benzene rings is 1. The highest BCUT2D eigenvalue weighted by Crippen LogP contribution is 2.65. The van der Waals surface area contributed by atoms with E-state index in [2.05, 4.69) is 0 Å². The molecule has 0 aromatic heterocycles. The van der Waals surface area contributed by atoms with Crippen LogP contribution < -0.4 is 0 Å². The van der Waals surface area contributed by atoms with Crippen molar-refractivity contribution >= 4 is 17.3 Å². The van der Waals surface area contributed by atoms with Crippen LogP contribution in [0.1, 0.15) is 94.6 Å². The molecular formula is C32H40O7. The van der Waals surface area contributed by atoms with Crippen molar-refractivity contribution in [2.24, 2.45) is 28.6 Å². The predicted molar refractivity (Wildman–Crippen MR) is 146 cm³/mol. The van der Waals surface area contributed by atoms with Gasteiger partial charge in [0.2, 0.25) is 5.78 Å². The van der Waals surface area contributed by atoms with Crippen LogP contribution in [0.15, 0.2) is 34.8 Å². The van der Waals surface area contributed by atoms with E-state index in [1.807, 2.05) is 26.8 Å². The Bertz CT molecular complexity index is 1340. The Hall–Kier alpha value is -2.93. The second kappa shape index (κ2) is 9.05. The minimum Gasteiger partial charge on any atom is -0.511 e. The first-order chi connectivity index (χ1) is 18.2. The second-order valence-electron chi connectivity index (χ2n) is 13.2. The van der Waals surface area contributed by atoms with E-state index in [-0.39, 0.29) is 35.0 Å². The number of allylic oxidation sites excluding steroid dienone is 2. The number of aryl methyl sites for hydroxylation is 1. The number of aliphatic hydroxyl groups is 3. The lowest BCUT2D eigenvalue weighted by Gasteiger charge is -2.59. The molecule has 210 valence electrons. The topological polar surface area (TPSA) is 132 Å². The van der Waals surface area contributed by atoms with Gasteiger partial charge in [-0.1, -0.05) is 59.4 Å². The van der Waals surface area contributed by atoms with E-state index in [0.717, 1.165) is 30.9 Å². The first-order valence-electron chi connectivity index (χ1n) is 14.2. The van der Waals surface area contributed by atoms with Gasteiger partial charge in [-0.15, -0.1) is 0 Å². The van der Waals surface area contributed by atoms with E-state index in [9.17, 15) is 34.8 Å². The second-order valence-corrected chi connectivity index (χ2v) is 13.2. The Balaban J connectivity index is 1.70. The van der Waals surface area contributed by atoms with E-state index in [1.165, 1.54) is 31.7 Å². The molecule has 1 unspecified atom stereocenters. The molecule has 1 aromatic carbocycles. The third kappa shape index (κ3) is 3.68. The summed E-state index contributed by atoms with van der Waals surface area (Å²) in [4.78, 5) is 40.3. The largest absolute Gasteiger partial charge is 0.511 e. The Labute approximate surface area is 229 Å². The van der Waals surface area contributed by atoms with Gasteiger partial charge in [0.05, 0.1) is 5.56 Å². The SMILES string of the molecule is CC(=O)C1=C(O)C(C(C)C)[C@@]2(C)C[C@@]3(C)Cc4c(CCC5CCCC5)ccc(O)c4C(=O)C3=C(O)[C@@]2(O)C1=O. The molecule has 0 spiro atoms. The van der Waals surface area contributed by atoms with Gasteiger partial charge in [0, 0.05) is 22.3 Å². The predicted octanol–water partition coefficient (Wildman–Crippen LogP) is 5.47. The van der Waals surface area contributed by atoms with Crippen LogP contribution in [-0.4, -0.2) is 43.4 Å². The molecule has 7 heteroatoms. The minimum atomic E-state index is -2.58. The number of hydrogen-bond donors (Lipinski definition) is 4. The molecule has 0 bridgehead atoms. The molecular weight excluding hydrogens is 496 g/mol. The number of carbonyl (C=O) groups is 3. The summed E-state index contributed by atoms with van der Waals surface area (Å²) in [7, 11) is 0. The fourth-order valence-electron chi connectivity index (χ4n) is 8.69. The third-order valence-corrected chi connectivity index (χ3v) is 10.3. The summed E-state index contributed by atoms with van der Waals surface area (Å²) in [6.07, 6.45) is 7.13. The number of ketones is 3. The molecule has 4 N–H and O–H groups in total. The number of phenolic OH excluding ortho intramolecular Hbond substituents is 1. The smallest absolute Gasteiger partial charge is 0.209 e. The van der Waals surface area contributed by atoms with Crippen molar-refractivity contribution in [3.8, 4) is 5.75 Å². The van der Waals surface area contributed by atoms with Crippen LogP contribution in [0.4, 0.5) is 0 Å². The fraction of sp³-hybridized carbons (Fsp3) is 0.594. The molecule has 1 fully saturated rings. The number of fused-ring (bicyclic) bond motifs is 3. The molecule has 0 heterocycles. The Morgan fingerprint density at radius 2 is 1.72 bits per heavy atom. The molecule has 4 atom stereocenters. The summed E-state index contributed by atoms with van der Waals surface area (Å²) in [5.74, 6) is -4.21. The zero-order valence-corrected chi connectivity index (χ0v) is 23.6. The number of carbonyl (C=O) groups excluding carboxylic acids is 3. The summed E-state index contributed by atoms with van der Waals surface area (Å²) in [6.45, 7) is 8.30. The van der Waals surface area contributed by atoms with E-state index >= 15 is 0 Å². The molecule has 1 aromatic rings. The summed E-state index contributed by atoms with van der Waals surface area (Å²) >= 11 is 0. The van der Waals surface area contributed by atoms with Gasteiger partial charge in [0.1, 0.15) is 22.8 Å². The highest BCUT2D eigenvalue weighted by Gasteiger charge is 2.71. The summed E-state index contributed by atoms with van der Waals surface area (Å²) in [5.41, 5.74) is -3.74. The number of rotatable bonds is 5. The standard InChI is InChI=1S/C32H40O7/c1-16(2)24-26(35)22(17(3)33)28(37)32(39)29(38)25-27(36)23-20(14-30(25,4)15-31(24,32)5)19(12-13-21(23)34)11-10-18-8-6-7-9-18/h12-13,16,18,24,34-35,38-39H,6-11,14-15H2,1-5H3/t24?,30-,31-,32+/m1/s1. The molecule has 39 heavy (non-hydrogen) atoms. The quantitative estimate of drug-likeness (QED) is 0.367. The van der Waals surface area contributed by atoms with Gasteiger partial charge in [-0.2, -0.15) is 0 Å². The van der Waals surface area contributed by atoms with Crippen LogP contribution >= 0.6 is 0 Å². The maximum Gasteiger partial charge on any atom is 0.209 e. The number of aromatic hydroxyl groups is 1. The van der Waals surface area contributed by atoms with Gasteiger partial charge >= 0.3 is 0 Å². The average molecular weight is 537 g/mol. The maximum atomic E-state index is 14.1. The molecule has 0 radical (unpaired) electrons. The number of aliphatic hydroxyl groups excluding tert-OH is 2. The van der Waals surface area contributed by atoms with Gasteiger partial charge < -0.3 is 20.4 Å². The van der Waals surface area contributed by atoms with Crippen molar-refractivity contribution in [3.63, 3.8) is 0 Å². The van der Waals surface area contributed by atoms with E-state index < -0.39 is 51.0 Å². The molecule has 0 saturated heterocycles. The first kappa shape index (κ1) is 27.6. The van der Waals surface area contributed by atoms with E-state index in [0.29, 0.717) is 12.3 Å². The minimum absolute atomic E-state index is 0.0987. The van der Waals surface area contributed by atoms with Crippen LogP contribution in [0, 0.1) is 28.6 Å². The molecule has 4 aliphatic carbocycles. The van der Waals surface area contributed by atoms with Gasteiger partial charge in [-0.05, 0) is 61.6 Å². The van der Waals surface area contributed by atoms with Crippen molar-refractivity contribution in [2.45, 2.75) is 91.6 Å². The van der Waals surface area contributed by atoms with Crippen molar-refractivity contribution < 1.29 is 34.8 Å². The van der Waals surface area contributed by atoms with Crippen molar-refractivity contribution in [1.29, 1.82) is 0 Å². The molecule has 7 nitrogen and oxygen atoms in total. The summed E-state index contributed by atoms with van der Waals surface area (Å²) < 4.78 is 0. The van der Waals surface area contributed by atoms with E-state index in [1.54, 1.807) is 6.92 Å². The number of phenols is 1. The molecule has 0 amide bonds. The van der Waals surface area contributed by atoms with Crippen LogP contribution in [0.5, 0.6) is 5.75 Å². The van der Waals surface area contributed by atoms with Crippen molar-refractivity contribution in [3.05, 3.63) is 51.5 Å². The van der Waals surface area contributed by atoms with Crippen LogP contribution in [-0.2, 0) is 22.4 Å². The first-order valence-corrected chi connectivity index (χ1v) is 14.2. The summed E-state index contributed by atoms with van der Waals surface area (Å²) in [6, 6.07) is 3.39. The highest BCUT2D eigenvalue weighted by atomic mass is 16.3. The van der Waals surface area contributed by atoms with Crippen LogP contribution in [0.2, 0.25) is 0 Å². The normalized spacial score (nSPS) is 32.9. The molecule has 4 aliphatic rings. The van der Waals surface area contributed by atoms with Gasteiger partial charge in [-0.3, -0.25) is 14.4 Å². The van der Waals surface area contributed by atoms with Crippen molar-refractivity contribution in [1.82, 2.24) is 0 Å². The lowest BCUT2D eigenvalue weighted by atomic mass is 9.44. The highest BCUT2D eigenvalue weighted by molar-refractivity contribution is 6.25. The Morgan fingerprint density at radius 1 is 1.08 bits per heavy atom. The van der Waals surface area contributed by atoms with Crippen LogP contribution in [0.3, 0.4) is 0 Å². The number of Topliss-reactive ketones (excluding diaryl/α,β-unsaturated/α-hetero) is 3. The van der Waals surface area contributed by atoms with Crippen LogP contribution in [0.25, 0.3) is 0 Å². The lowest BCUT2D eigenvalue weighted by molar-refractivity contribution is -0.171. The third-order valence-electron chi connectivity index (χ3n) is 10.3. The van der Waals surface area contributed by atoms with Gasteiger partial charge in [0.15, 0.2) is 17.2 Å². The number of hydrogen-bond acceptors (Lipinski definition) is 7. The van der Waals surface area contributed by atoms with E-state index in [4.69, 9.17) is 0 Å². The molecule has 1 saturated carbocycles. The fourth-order valence-corrected chi connectivity index (χ4v) is 8.69. The van der Waals surface area contributed by atoms with Crippen molar-refractivity contribution in [2.75, 3.05) is 0 Å². The Kier molecular flexibility index (Phi) is 6.41. The monoisotopic (exact) mass is 536 g/mol. The lowest BCUT2D eigenvalue weighted by Crippen LogP contribution is -2.67. The van der Waals surface area contributed by atoms with Gasteiger partial charge in [0.25, 0.3) is 0 Å². The average Bonchev–Trinajstić information content (AvgIpc) is 3.34. The molecule has 0 aliphatic heterocycles. The Morgan fingerprint density at radius 3 is 2.31 bits per heavy atom. The zero-order valence-electron chi connectivity index (χ0n) is 23.6.